The van der Waals surface area contributed by atoms with Gasteiger partial charge < -0.3 is 19.3 Å². The van der Waals surface area contributed by atoms with E-state index >= 15 is 0 Å². The van der Waals surface area contributed by atoms with Crippen LogP contribution in [0.1, 0.15) is 59.0 Å². The Morgan fingerprint density at radius 1 is 1.07 bits per heavy atom. The minimum Gasteiger partial charge on any atom is -0.505 e. The molecule has 1 N–H and O–H groups in total. The maximum Gasteiger partial charge on any atom is 0.313 e. The van der Waals surface area contributed by atoms with Gasteiger partial charge in [0.25, 0.3) is 5.79 Å². The predicted octanol–water partition coefficient (Wildman–Crippen LogP) is 3.90. The number of carbonyl (C=O) groups is 3. The van der Waals surface area contributed by atoms with Gasteiger partial charge in [-0.25, -0.2) is 0 Å². The molecule has 2 aromatic rings. The molecule has 7 nitrogen and oxygen atoms in total. The largest absolute Gasteiger partial charge is 0.505 e. The summed E-state index contributed by atoms with van der Waals surface area (Å²) in [7, 11) is 1.24. The van der Waals surface area contributed by atoms with Gasteiger partial charge in [0, 0.05) is 16.5 Å². The molecule has 0 radical (unpaired) electrons. The Labute approximate surface area is 177 Å². The van der Waals surface area contributed by atoms with Crippen LogP contribution in [0.25, 0.3) is 0 Å². The molecule has 1 heterocycles. The molecule has 1 aliphatic carbocycles. The molecule has 2 aliphatic rings. The molecular weight excluding hydrogens is 412 g/mol. The van der Waals surface area contributed by atoms with Crippen molar-refractivity contribution in [3.8, 4) is 17.2 Å². The molecule has 1 atom stereocenters. The fourth-order valence-corrected chi connectivity index (χ4v) is 3.91. The van der Waals surface area contributed by atoms with Gasteiger partial charge in [-0.3, -0.25) is 14.4 Å². The van der Waals surface area contributed by atoms with E-state index in [1.54, 1.807) is 32.9 Å². The fourth-order valence-electron chi connectivity index (χ4n) is 3.69. The Bertz CT molecular complexity index is 1130. The first-order chi connectivity index (χ1) is 14.0. The monoisotopic (exact) mass is 430 g/mol. The van der Waals surface area contributed by atoms with Gasteiger partial charge in [0.1, 0.15) is 17.2 Å². The number of hydrogen-bond acceptors (Lipinski definition) is 7. The van der Waals surface area contributed by atoms with Gasteiger partial charge in [-0.05, 0) is 0 Å². The van der Waals surface area contributed by atoms with Crippen LogP contribution in [-0.4, -0.2) is 35.5 Å². The van der Waals surface area contributed by atoms with Crippen molar-refractivity contribution in [1.29, 1.82) is 0 Å². The molecule has 0 saturated carbocycles. The summed E-state index contributed by atoms with van der Waals surface area (Å²) in [6.45, 7) is 5.35. The number of halogens is 1. The average Bonchev–Trinajstić information content (AvgIpc) is 3.09. The third-order valence-electron chi connectivity index (χ3n) is 5.48. The van der Waals surface area contributed by atoms with Crippen LogP contribution in [0.15, 0.2) is 24.3 Å². The highest BCUT2D eigenvalue weighted by molar-refractivity contribution is 6.38. The Hall–Kier alpha value is -3.06. The number of carbonyl (C=O) groups excluding carboxylic acids is 3. The van der Waals surface area contributed by atoms with Gasteiger partial charge in [0.15, 0.2) is 23.1 Å². The zero-order valence-electron chi connectivity index (χ0n) is 16.8. The third-order valence-corrected chi connectivity index (χ3v) is 5.83. The zero-order chi connectivity index (χ0) is 22.0. The molecule has 30 heavy (non-hydrogen) atoms. The van der Waals surface area contributed by atoms with Crippen LogP contribution in [0.3, 0.4) is 0 Å². The Kier molecular flexibility index (Phi) is 4.36. The molecule has 0 fully saturated rings. The van der Waals surface area contributed by atoms with Crippen molar-refractivity contribution in [1.82, 2.24) is 0 Å². The second-order valence-corrected chi connectivity index (χ2v) is 8.61. The molecule has 156 valence electrons. The molecule has 0 saturated heterocycles. The summed E-state index contributed by atoms with van der Waals surface area (Å²) in [5, 5.41) is 10.4. The smallest absolute Gasteiger partial charge is 0.313 e. The van der Waals surface area contributed by atoms with Crippen LogP contribution >= 0.6 is 11.6 Å². The van der Waals surface area contributed by atoms with Crippen molar-refractivity contribution in [2.45, 2.75) is 33.0 Å². The standard InChI is InChI=1S/C22H19ClO7/c1-21(2,3)22(9-12(24)28-4)29-19-14-13(18(27)15(23)20(19)30-22)16(25)10-7-5-6-8-11(10)17(14)26/h5-8,27H,9H2,1-4H3. The van der Waals surface area contributed by atoms with E-state index < -0.39 is 34.5 Å². The summed E-state index contributed by atoms with van der Waals surface area (Å²) in [5.74, 6) is -3.94. The maximum absolute atomic E-state index is 13.3. The summed E-state index contributed by atoms with van der Waals surface area (Å²) < 4.78 is 16.9. The summed E-state index contributed by atoms with van der Waals surface area (Å²) in [6, 6.07) is 6.30. The van der Waals surface area contributed by atoms with E-state index in [1.807, 2.05) is 0 Å². The van der Waals surface area contributed by atoms with E-state index in [9.17, 15) is 19.5 Å². The number of benzene rings is 2. The number of hydrogen-bond donors (Lipinski definition) is 1. The first-order valence-corrected chi connectivity index (χ1v) is 9.62. The predicted molar refractivity (Wildman–Crippen MR) is 106 cm³/mol. The topological polar surface area (TPSA) is 99.1 Å². The van der Waals surface area contributed by atoms with Crippen molar-refractivity contribution >= 4 is 29.1 Å². The molecule has 1 aliphatic heterocycles. The lowest BCUT2D eigenvalue weighted by atomic mass is 9.82. The van der Waals surface area contributed by atoms with Crippen LogP contribution in [0, 0.1) is 5.41 Å². The molecule has 0 aromatic heterocycles. The summed E-state index contributed by atoms with van der Waals surface area (Å²) >= 11 is 6.33. The van der Waals surface area contributed by atoms with E-state index in [4.69, 9.17) is 25.8 Å². The molecular formula is C22H19ClO7. The van der Waals surface area contributed by atoms with Crippen molar-refractivity contribution in [2.75, 3.05) is 7.11 Å². The zero-order valence-corrected chi connectivity index (χ0v) is 17.5. The number of aromatic hydroxyl groups is 1. The molecule has 1 unspecified atom stereocenters. The molecule has 2 aromatic carbocycles. The van der Waals surface area contributed by atoms with Crippen LogP contribution < -0.4 is 9.47 Å². The molecule has 8 heteroatoms. The van der Waals surface area contributed by atoms with Gasteiger partial charge >= 0.3 is 5.97 Å². The third kappa shape index (κ3) is 2.61. The second-order valence-electron chi connectivity index (χ2n) is 8.23. The van der Waals surface area contributed by atoms with E-state index in [1.165, 1.54) is 19.2 Å². The lowest BCUT2D eigenvalue weighted by Gasteiger charge is -2.38. The SMILES string of the molecule is COC(=O)CC1(C(C)(C)C)Oc2c(Cl)c(O)c3c(c2O1)C(=O)c1ccccc1C3=O. The Morgan fingerprint density at radius 2 is 1.60 bits per heavy atom. The molecule has 0 amide bonds. The minimum absolute atomic E-state index is 0.0699. The Balaban J connectivity index is 1.97. The maximum atomic E-state index is 13.3. The fraction of sp³-hybridized carbons (Fsp3) is 0.318. The molecule has 0 bridgehead atoms. The van der Waals surface area contributed by atoms with Crippen LogP contribution in [0.4, 0.5) is 0 Å². The lowest BCUT2D eigenvalue weighted by molar-refractivity contribution is -0.182. The van der Waals surface area contributed by atoms with E-state index in [-0.39, 0.29) is 45.2 Å². The summed E-state index contributed by atoms with van der Waals surface area (Å²) in [5.41, 5.74) is -0.799. The number of ketones is 2. The van der Waals surface area contributed by atoms with E-state index in [0.29, 0.717) is 0 Å². The van der Waals surface area contributed by atoms with Gasteiger partial charge in [-0.15, -0.1) is 0 Å². The molecule has 0 spiro atoms. The summed E-state index contributed by atoms with van der Waals surface area (Å²) in [6.07, 6.45) is -0.299. The lowest BCUT2D eigenvalue weighted by Crippen LogP contribution is -2.52. The average molecular weight is 431 g/mol. The van der Waals surface area contributed by atoms with Gasteiger partial charge in [-0.1, -0.05) is 56.6 Å². The van der Waals surface area contributed by atoms with Crippen LogP contribution in [0.5, 0.6) is 17.2 Å². The van der Waals surface area contributed by atoms with Gasteiger partial charge in [0.05, 0.1) is 18.2 Å². The highest BCUT2D eigenvalue weighted by Gasteiger charge is 2.56. The van der Waals surface area contributed by atoms with Gasteiger partial charge in [-0.2, -0.15) is 0 Å². The van der Waals surface area contributed by atoms with Crippen molar-refractivity contribution in [3.05, 3.63) is 51.5 Å². The highest BCUT2D eigenvalue weighted by Crippen LogP contribution is 2.58. The minimum atomic E-state index is -1.56. The molecule has 4 rings (SSSR count). The van der Waals surface area contributed by atoms with E-state index in [2.05, 4.69) is 0 Å². The first-order valence-electron chi connectivity index (χ1n) is 9.24. The normalized spacial score (nSPS) is 19.4. The summed E-state index contributed by atoms with van der Waals surface area (Å²) in [4.78, 5) is 38.5. The van der Waals surface area contributed by atoms with Gasteiger partial charge in [0.2, 0.25) is 0 Å². The number of esters is 1. The van der Waals surface area contributed by atoms with Crippen molar-refractivity contribution in [2.24, 2.45) is 5.41 Å². The quantitative estimate of drug-likeness (QED) is 0.615. The second kappa shape index (κ2) is 6.47. The number of phenols is 1. The van der Waals surface area contributed by atoms with Crippen LogP contribution in [0.2, 0.25) is 5.02 Å². The number of ether oxygens (including phenoxy) is 3. The number of methoxy groups -OCH3 is 1. The van der Waals surface area contributed by atoms with Crippen LogP contribution in [-0.2, 0) is 9.53 Å². The number of fused-ring (bicyclic) bond motifs is 4. The number of phenolic OH excluding ortho intramolecular Hbond substituents is 1. The highest BCUT2D eigenvalue weighted by atomic mass is 35.5. The first kappa shape index (κ1) is 20.2. The van der Waals surface area contributed by atoms with Crippen molar-refractivity contribution < 1.29 is 33.7 Å². The Morgan fingerprint density at radius 3 is 2.13 bits per heavy atom. The van der Waals surface area contributed by atoms with E-state index in [0.717, 1.165) is 0 Å². The van der Waals surface area contributed by atoms with Crippen molar-refractivity contribution in [3.63, 3.8) is 0 Å². The number of rotatable bonds is 2.